The summed E-state index contributed by atoms with van der Waals surface area (Å²) in [5.41, 5.74) is 1.58. The van der Waals surface area contributed by atoms with Crippen LogP contribution in [0, 0.1) is 16.0 Å². The average Bonchev–Trinajstić information content (AvgIpc) is 2.26. The van der Waals surface area contributed by atoms with Crippen LogP contribution in [0.1, 0.15) is 26.3 Å². The predicted molar refractivity (Wildman–Crippen MR) is 70.6 cm³/mol. The monoisotopic (exact) mass is 248 g/mol. The van der Waals surface area contributed by atoms with Gasteiger partial charge >= 0.3 is 0 Å². The van der Waals surface area contributed by atoms with Gasteiger partial charge < -0.3 is 5.32 Å². The summed E-state index contributed by atoms with van der Waals surface area (Å²) in [6, 6.07) is 6.89. The molecule has 0 saturated carbocycles. The molecule has 0 heterocycles. The van der Waals surface area contributed by atoms with Crippen molar-refractivity contribution in [2.75, 3.05) is 5.32 Å². The Morgan fingerprint density at radius 2 is 1.89 bits per heavy atom. The van der Waals surface area contributed by atoms with Gasteiger partial charge in [0.05, 0.1) is 4.92 Å². The minimum Gasteiger partial charge on any atom is -0.326 e. The SMILES string of the molecule is CC(=O)Nc1ccc(/C=C(/C(C)C)[N+](=O)[O-])cc1. The van der Waals surface area contributed by atoms with E-state index in [0.717, 1.165) is 5.56 Å². The van der Waals surface area contributed by atoms with Gasteiger partial charge in [0.25, 0.3) is 0 Å². The van der Waals surface area contributed by atoms with Crippen molar-refractivity contribution >= 4 is 17.7 Å². The molecule has 0 aromatic heterocycles. The summed E-state index contributed by atoms with van der Waals surface area (Å²) in [5, 5.41) is 13.5. The topological polar surface area (TPSA) is 72.2 Å². The third kappa shape index (κ3) is 4.01. The van der Waals surface area contributed by atoms with Gasteiger partial charge in [0.1, 0.15) is 0 Å². The van der Waals surface area contributed by atoms with Crippen LogP contribution in [0.25, 0.3) is 6.08 Å². The average molecular weight is 248 g/mol. The highest BCUT2D eigenvalue weighted by Crippen LogP contribution is 2.17. The molecule has 0 radical (unpaired) electrons. The summed E-state index contributed by atoms with van der Waals surface area (Å²) < 4.78 is 0. The number of allylic oxidation sites excluding steroid dienone is 1. The van der Waals surface area contributed by atoms with Crippen molar-refractivity contribution < 1.29 is 9.72 Å². The van der Waals surface area contributed by atoms with E-state index in [1.165, 1.54) is 6.92 Å². The van der Waals surface area contributed by atoms with Crippen LogP contribution in [0.5, 0.6) is 0 Å². The first-order chi connectivity index (χ1) is 8.40. The second-order valence-electron chi connectivity index (χ2n) is 4.28. The zero-order valence-corrected chi connectivity index (χ0v) is 10.6. The number of nitrogens with zero attached hydrogens (tertiary/aromatic N) is 1. The lowest BCUT2D eigenvalue weighted by atomic mass is 10.1. The Kier molecular flexibility index (Phi) is 4.59. The molecule has 0 unspecified atom stereocenters. The number of carbonyl (C=O) groups is 1. The third-order valence-electron chi connectivity index (χ3n) is 2.35. The van der Waals surface area contributed by atoms with Crippen molar-refractivity contribution in [3.8, 4) is 0 Å². The maximum atomic E-state index is 10.8. The van der Waals surface area contributed by atoms with E-state index >= 15 is 0 Å². The van der Waals surface area contributed by atoms with Crippen molar-refractivity contribution in [2.24, 2.45) is 5.92 Å². The van der Waals surface area contributed by atoms with Gasteiger partial charge in [0.15, 0.2) is 0 Å². The first-order valence-electron chi connectivity index (χ1n) is 5.63. The second-order valence-corrected chi connectivity index (χ2v) is 4.28. The molecule has 1 aromatic carbocycles. The van der Waals surface area contributed by atoms with Crippen LogP contribution in [-0.4, -0.2) is 10.8 Å². The smallest absolute Gasteiger partial charge is 0.249 e. The van der Waals surface area contributed by atoms with Crippen molar-refractivity contribution in [3.63, 3.8) is 0 Å². The molecule has 0 spiro atoms. The quantitative estimate of drug-likeness (QED) is 0.657. The Bertz CT molecular complexity index is 476. The van der Waals surface area contributed by atoms with E-state index in [0.29, 0.717) is 5.69 Å². The summed E-state index contributed by atoms with van der Waals surface area (Å²) in [5.74, 6) is -0.290. The molecule has 0 aliphatic heterocycles. The highest BCUT2D eigenvalue weighted by atomic mass is 16.6. The molecule has 5 heteroatoms. The summed E-state index contributed by atoms with van der Waals surface area (Å²) in [6.07, 6.45) is 1.54. The zero-order valence-electron chi connectivity index (χ0n) is 10.6. The van der Waals surface area contributed by atoms with Gasteiger partial charge in [-0.3, -0.25) is 14.9 Å². The molecule has 0 bridgehead atoms. The van der Waals surface area contributed by atoms with E-state index in [1.54, 1.807) is 44.2 Å². The molecule has 0 atom stereocenters. The Balaban J connectivity index is 2.94. The number of hydrogen-bond donors (Lipinski definition) is 1. The lowest BCUT2D eigenvalue weighted by Crippen LogP contribution is -2.06. The van der Waals surface area contributed by atoms with Gasteiger partial charge in [0, 0.05) is 24.6 Å². The summed E-state index contributed by atoms with van der Waals surface area (Å²) in [4.78, 5) is 21.3. The third-order valence-corrected chi connectivity index (χ3v) is 2.35. The lowest BCUT2D eigenvalue weighted by Gasteiger charge is -2.04. The number of hydrogen-bond acceptors (Lipinski definition) is 3. The number of rotatable bonds is 4. The number of benzene rings is 1. The Labute approximate surface area is 106 Å². The van der Waals surface area contributed by atoms with Crippen LogP contribution in [0.2, 0.25) is 0 Å². The summed E-state index contributed by atoms with van der Waals surface area (Å²) in [7, 11) is 0. The van der Waals surface area contributed by atoms with Crippen LogP contribution in [-0.2, 0) is 4.79 Å². The number of anilines is 1. The van der Waals surface area contributed by atoms with Gasteiger partial charge in [-0.15, -0.1) is 0 Å². The maximum absolute atomic E-state index is 10.8. The van der Waals surface area contributed by atoms with Crippen LogP contribution >= 0.6 is 0 Å². The van der Waals surface area contributed by atoms with Crippen LogP contribution in [0.3, 0.4) is 0 Å². The van der Waals surface area contributed by atoms with Crippen molar-refractivity contribution in [3.05, 3.63) is 45.6 Å². The molecule has 0 aliphatic rings. The van der Waals surface area contributed by atoms with Crippen molar-refractivity contribution in [2.45, 2.75) is 20.8 Å². The molecule has 1 rings (SSSR count). The largest absolute Gasteiger partial charge is 0.326 e. The summed E-state index contributed by atoms with van der Waals surface area (Å²) in [6.45, 7) is 4.98. The number of amides is 1. The lowest BCUT2D eigenvalue weighted by molar-refractivity contribution is -0.431. The molecular weight excluding hydrogens is 232 g/mol. The first-order valence-corrected chi connectivity index (χ1v) is 5.63. The van der Waals surface area contributed by atoms with E-state index in [9.17, 15) is 14.9 Å². The minimum atomic E-state index is -0.369. The van der Waals surface area contributed by atoms with Gasteiger partial charge in [0.2, 0.25) is 11.6 Å². The molecule has 18 heavy (non-hydrogen) atoms. The normalized spacial score (nSPS) is 11.4. The predicted octanol–water partition coefficient (Wildman–Crippen LogP) is 2.92. The second kappa shape index (κ2) is 5.95. The fourth-order valence-electron chi connectivity index (χ4n) is 1.47. The Morgan fingerprint density at radius 3 is 2.28 bits per heavy atom. The highest BCUT2D eigenvalue weighted by Gasteiger charge is 2.15. The van der Waals surface area contributed by atoms with Crippen LogP contribution in [0.15, 0.2) is 30.0 Å². The molecule has 0 saturated heterocycles. The number of nitrogens with one attached hydrogen (secondary N) is 1. The molecule has 5 nitrogen and oxygen atoms in total. The molecule has 1 N–H and O–H groups in total. The van der Waals surface area contributed by atoms with E-state index in [4.69, 9.17) is 0 Å². The molecule has 0 aliphatic carbocycles. The molecule has 0 fully saturated rings. The van der Waals surface area contributed by atoms with E-state index in [-0.39, 0.29) is 22.4 Å². The van der Waals surface area contributed by atoms with E-state index in [2.05, 4.69) is 5.32 Å². The molecule has 1 amide bonds. The standard InChI is InChI=1S/C13H16N2O3/c1-9(2)13(15(17)18)8-11-4-6-12(7-5-11)14-10(3)16/h4-9H,1-3H3,(H,14,16)/b13-8-. The molecule has 96 valence electrons. The van der Waals surface area contributed by atoms with Gasteiger partial charge in [-0.1, -0.05) is 26.0 Å². The fourth-order valence-corrected chi connectivity index (χ4v) is 1.47. The van der Waals surface area contributed by atoms with Crippen LogP contribution < -0.4 is 5.32 Å². The highest BCUT2D eigenvalue weighted by molar-refractivity contribution is 5.88. The number of carbonyl (C=O) groups excluding carboxylic acids is 1. The van der Waals surface area contributed by atoms with Crippen molar-refractivity contribution in [1.29, 1.82) is 0 Å². The van der Waals surface area contributed by atoms with E-state index < -0.39 is 0 Å². The fraction of sp³-hybridized carbons (Fsp3) is 0.308. The van der Waals surface area contributed by atoms with Gasteiger partial charge in [-0.25, -0.2) is 0 Å². The molecule has 1 aromatic rings. The Hall–Kier alpha value is -2.17. The maximum Gasteiger partial charge on any atom is 0.249 e. The van der Waals surface area contributed by atoms with Gasteiger partial charge in [-0.05, 0) is 17.7 Å². The molecular formula is C13H16N2O3. The minimum absolute atomic E-state index is 0.143. The first kappa shape index (κ1) is 13.9. The zero-order chi connectivity index (χ0) is 13.7. The summed E-state index contributed by atoms with van der Waals surface area (Å²) >= 11 is 0. The van der Waals surface area contributed by atoms with Crippen molar-refractivity contribution in [1.82, 2.24) is 0 Å². The Morgan fingerprint density at radius 1 is 1.33 bits per heavy atom. The number of nitro groups is 1. The van der Waals surface area contributed by atoms with E-state index in [1.807, 2.05) is 0 Å². The van der Waals surface area contributed by atoms with Crippen LogP contribution in [0.4, 0.5) is 5.69 Å². The van der Waals surface area contributed by atoms with Gasteiger partial charge in [-0.2, -0.15) is 0 Å².